The highest BCUT2D eigenvalue weighted by molar-refractivity contribution is 5.84. The molecule has 0 saturated carbocycles. The Labute approximate surface area is 145 Å². The van der Waals surface area contributed by atoms with Gasteiger partial charge in [-0.15, -0.1) is 5.10 Å². The van der Waals surface area contributed by atoms with Gasteiger partial charge in [0.15, 0.2) is 5.69 Å². The summed E-state index contributed by atoms with van der Waals surface area (Å²) in [6, 6.07) is 3.80. The summed E-state index contributed by atoms with van der Waals surface area (Å²) >= 11 is 0. The molecule has 134 valence electrons. The van der Waals surface area contributed by atoms with Crippen LogP contribution in [0.4, 0.5) is 0 Å². The number of hydrogen-bond donors (Lipinski definition) is 1. The van der Waals surface area contributed by atoms with Gasteiger partial charge in [-0.25, -0.2) is 9.48 Å². The van der Waals surface area contributed by atoms with E-state index in [4.69, 9.17) is 9.52 Å². The zero-order valence-corrected chi connectivity index (χ0v) is 14.4. The Morgan fingerprint density at radius 1 is 1.40 bits per heavy atom. The highest BCUT2D eigenvalue weighted by Crippen LogP contribution is 2.35. The predicted molar refractivity (Wildman–Crippen MR) is 87.9 cm³/mol. The van der Waals surface area contributed by atoms with Gasteiger partial charge in [0.25, 0.3) is 0 Å². The molecule has 1 aliphatic heterocycles. The van der Waals surface area contributed by atoms with Crippen LogP contribution in [-0.2, 0) is 17.8 Å². The summed E-state index contributed by atoms with van der Waals surface area (Å²) in [4.78, 5) is 25.4. The van der Waals surface area contributed by atoms with Gasteiger partial charge in [-0.2, -0.15) is 0 Å². The minimum Gasteiger partial charge on any atom is -0.476 e. The van der Waals surface area contributed by atoms with Crippen LogP contribution >= 0.6 is 0 Å². The van der Waals surface area contributed by atoms with Crippen molar-refractivity contribution < 1.29 is 19.1 Å². The first kappa shape index (κ1) is 17.2. The lowest BCUT2D eigenvalue weighted by atomic mass is 9.91. The molecule has 2 atom stereocenters. The van der Waals surface area contributed by atoms with Gasteiger partial charge in [0.1, 0.15) is 18.1 Å². The van der Waals surface area contributed by atoms with E-state index in [1.165, 1.54) is 10.9 Å². The van der Waals surface area contributed by atoms with Gasteiger partial charge in [0, 0.05) is 13.0 Å². The lowest BCUT2D eigenvalue weighted by Gasteiger charge is -2.37. The average molecular weight is 346 g/mol. The summed E-state index contributed by atoms with van der Waals surface area (Å²) in [6.45, 7) is 4.81. The largest absolute Gasteiger partial charge is 0.476 e. The number of nitrogens with zero attached hydrogens (tertiary/aromatic N) is 4. The number of carboxylic acids is 1. The first-order chi connectivity index (χ1) is 12.0. The fraction of sp³-hybridized carbons (Fsp3) is 0.529. The Morgan fingerprint density at radius 2 is 2.20 bits per heavy atom. The van der Waals surface area contributed by atoms with Gasteiger partial charge in [0.2, 0.25) is 5.91 Å². The van der Waals surface area contributed by atoms with Gasteiger partial charge in [-0.05, 0) is 30.9 Å². The molecule has 3 rings (SSSR count). The highest BCUT2D eigenvalue weighted by Gasteiger charge is 2.33. The molecule has 2 aromatic rings. The molecule has 0 spiro atoms. The molecule has 0 unspecified atom stereocenters. The van der Waals surface area contributed by atoms with Crippen molar-refractivity contribution in [3.8, 4) is 0 Å². The molecule has 1 amide bonds. The van der Waals surface area contributed by atoms with Crippen molar-refractivity contribution in [2.24, 2.45) is 5.92 Å². The van der Waals surface area contributed by atoms with Gasteiger partial charge in [-0.3, -0.25) is 4.79 Å². The summed E-state index contributed by atoms with van der Waals surface area (Å²) < 4.78 is 7.14. The Bertz CT molecular complexity index is 766. The van der Waals surface area contributed by atoms with Crippen molar-refractivity contribution in [1.82, 2.24) is 19.9 Å². The fourth-order valence-electron chi connectivity index (χ4n) is 3.18. The lowest BCUT2D eigenvalue weighted by Crippen LogP contribution is -2.42. The third-order valence-electron chi connectivity index (χ3n) is 4.60. The third-order valence-corrected chi connectivity index (χ3v) is 4.60. The second kappa shape index (κ2) is 7.08. The molecule has 3 heterocycles. The number of amides is 1. The number of furan rings is 1. The molecule has 1 aliphatic rings. The Kier molecular flexibility index (Phi) is 4.87. The number of aromatic nitrogens is 3. The minimum atomic E-state index is -1.16. The third kappa shape index (κ3) is 3.72. The van der Waals surface area contributed by atoms with Crippen LogP contribution in [0.3, 0.4) is 0 Å². The molecule has 1 saturated heterocycles. The molecule has 1 N–H and O–H groups in total. The maximum atomic E-state index is 12.8. The van der Waals surface area contributed by atoms with E-state index in [0.29, 0.717) is 12.5 Å². The van der Waals surface area contributed by atoms with E-state index >= 15 is 0 Å². The highest BCUT2D eigenvalue weighted by atomic mass is 16.4. The number of aryl methyl sites for hydroxylation is 1. The molecule has 0 bridgehead atoms. The molecule has 1 fully saturated rings. The maximum Gasteiger partial charge on any atom is 0.358 e. The molecule has 8 heteroatoms. The molecule has 2 aromatic heterocycles. The number of aromatic carboxylic acids is 1. The van der Waals surface area contributed by atoms with Crippen molar-refractivity contribution in [3.63, 3.8) is 0 Å². The van der Waals surface area contributed by atoms with Crippen LogP contribution in [0.5, 0.6) is 0 Å². The van der Waals surface area contributed by atoms with Crippen molar-refractivity contribution in [1.29, 1.82) is 0 Å². The van der Waals surface area contributed by atoms with E-state index in [1.807, 2.05) is 19.1 Å². The summed E-state index contributed by atoms with van der Waals surface area (Å²) in [5.41, 5.74) is -0.171. The number of piperidine rings is 1. The quantitative estimate of drug-likeness (QED) is 0.890. The zero-order chi connectivity index (χ0) is 18.0. The Hall–Kier alpha value is -2.64. The molecular formula is C17H22N4O4. The van der Waals surface area contributed by atoms with E-state index in [0.717, 1.165) is 30.8 Å². The molecule has 8 nitrogen and oxygen atoms in total. The maximum absolute atomic E-state index is 12.8. The van der Waals surface area contributed by atoms with Gasteiger partial charge in [0.05, 0.1) is 12.2 Å². The molecule has 0 aliphatic carbocycles. The summed E-state index contributed by atoms with van der Waals surface area (Å²) in [5.74, 6) is 0.943. The van der Waals surface area contributed by atoms with Gasteiger partial charge >= 0.3 is 5.97 Å². The van der Waals surface area contributed by atoms with Gasteiger partial charge in [-0.1, -0.05) is 19.1 Å². The number of rotatable bonds is 5. The van der Waals surface area contributed by atoms with Crippen molar-refractivity contribution >= 4 is 11.9 Å². The minimum absolute atomic E-state index is 0.0352. The second-order valence-electron chi connectivity index (χ2n) is 6.50. The molecule has 0 aromatic carbocycles. The van der Waals surface area contributed by atoms with Crippen LogP contribution in [-0.4, -0.2) is 43.4 Å². The SMILES string of the molecule is CCc1ccc([C@@H]2C[C@H](C)CCN2C(=O)Cn2cc(C(=O)O)nn2)o1. The summed E-state index contributed by atoms with van der Waals surface area (Å²) in [7, 11) is 0. The monoisotopic (exact) mass is 346 g/mol. The smallest absolute Gasteiger partial charge is 0.358 e. The number of carbonyl (C=O) groups excluding carboxylic acids is 1. The van der Waals surface area contributed by atoms with Crippen molar-refractivity contribution in [2.45, 2.75) is 45.7 Å². The van der Waals surface area contributed by atoms with Gasteiger partial charge < -0.3 is 14.4 Å². The first-order valence-corrected chi connectivity index (χ1v) is 8.49. The van der Waals surface area contributed by atoms with Crippen LogP contribution in [0.2, 0.25) is 0 Å². The number of hydrogen-bond acceptors (Lipinski definition) is 5. The molecule has 0 radical (unpaired) electrons. The number of carboxylic acid groups (broad SMARTS) is 1. The van der Waals surface area contributed by atoms with Crippen LogP contribution in [0.15, 0.2) is 22.7 Å². The van der Waals surface area contributed by atoms with Crippen LogP contribution in [0, 0.1) is 5.92 Å². The van der Waals surface area contributed by atoms with Crippen molar-refractivity contribution in [2.75, 3.05) is 6.54 Å². The summed E-state index contributed by atoms with van der Waals surface area (Å²) in [5, 5.41) is 16.2. The van der Waals surface area contributed by atoms with E-state index in [9.17, 15) is 9.59 Å². The summed E-state index contributed by atoms with van der Waals surface area (Å²) in [6.07, 6.45) is 3.86. The number of likely N-dealkylation sites (tertiary alicyclic amines) is 1. The Morgan fingerprint density at radius 3 is 2.84 bits per heavy atom. The van der Waals surface area contributed by atoms with Crippen LogP contribution in [0.1, 0.15) is 54.7 Å². The lowest BCUT2D eigenvalue weighted by molar-refractivity contribution is -0.137. The van der Waals surface area contributed by atoms with Crippen LogP contribution < -0.4 is 0 Å². The average Bonchev–Trinajstić information content (AvgIpc) is 3.23. The van der Waals surface area contributed by atoms with E-state index in [1.54, 1.807) is 4.90 Å². The molecule has 25 heavy (non-hydrogen) atoms. The second-order valence-corrected chi connectivity index (χ2v) is 6.50. The van der Waals surface area contributed by atoms with E-state index < -0.39 is 5.97 Å². The van der Waals surface area contributed by atoms with E-state index in [2.05, 4.69) is 17.2 Å². The van der Waals surface area contributed by atoms with Crippen LogP contribution in [0.25, 0.3) is 0 Å². The Balaban J connectivity index is 1.76. The predicted octanol–water partition coefficient (Wildman–Crippen LogP) is 2.13. The van der Waals surface area contributed by atoms with E-state index in [-0.39, 0.29) is 24.2 Å². The normalized spacial score (nSPS) is 20.6. The zero-order valence-electron chi connectivity index (χ0n) is 14.4. The standard InChI is InChI=1S/C17H22N4O4/c1-3-12-4-5-15(25-12)14-8-11(2)6-7-21(14)16(22)10-20-9-13(17(23)24)18-19-20/h4-5,9,11,14H,3,6-8,10H2,1-2H3,(H,23,24)/t11-,14+/m1/s1. The molecular weight excluding hydrogens is 324 g/mol. The fourth-order valence-corrected chi connectivity index (χ4v) is 3.18. The topological polar surface area (TPSA) is 101 Å². The van der Waals surface area contributed by atoms with Crippen molar-refractivity contribution in [3.05, 3.63) is 35.5 Å². The number of carbonyl (C=O) groups is 2. The first-order valence-electron chi connectivity index (χ1n) is 8.49.